The summed E-state index contributed by atoms with van der Waals surface area (Å²) in [7, 11) is 0. The second kappa shape index (κ2) is 6.22. The minimum Gasteiger partial charge on any atom is -0.395 e. The smallest absolute Gasteiger partial charge is 0.124 e. The Morgan fingerprint density at radius 1 is 1.29 bits per heavy atom. The van der Waals surface area contributed by atoms with E-state index < -0.39 is 0 Å². The number of amidine groups is 1. The number of hydrogen-bond donors (Lipinski definition) is 4. The molecule has 0 radical (unpaired) electrons. The van der Waals surface area contributed by atoms with Crippen LogP contribution in [0.3, 0.4) is 0 Å². The predicted molar refractivity (Wildman–Crippen MR) is 68.6 cm³/mol. The van der Waals surface area contributed by atoms with Crippen LogP contribution in [0.2, 0.25) is 0 Å². The fraction of sp³-hybridized carbons (Fsp3) is 0.417. The van der Waals surface area contributed by atoms with E-state index in [2.05, 4.69) is 0 Å². The number of rotatable bonds is 6. The number of nitrogens with two attached hydrogens (primary N) is 1. The maximum Gasteiger partial charge on any atom is 0.124 e. The van der Waals surface area contributed by atoms with Crippen molar-refractivity contribution in [2.75, 3.05) is 31.2 Å². The molecule has 1 aromatic carbocycles. The number of benzene rings is 1. The van der Waals surface area contributed by atoms with Crippen LogP contribution in [0.25, 0.3) is 0 Å². The first-order valence-electron chi connectivity index (χ1n) is 5.52. The molecule has 0 saturated carbocycles. The number of nitrogen functional groups attached to an aromatic ring is 1. The molecule has 0 atom stereocenters. The van der Waals surface area contributed by atoms with Gasteiger partial charge in [0.15, 0.2) is 0 Å². The van der Waals surface area contributed by atoms with Crippen LogP contribution >= 0.6 is 0 Å². The second-order valence-electron chi connectivity index (χ2n) is 3.87. The van der Waals surface area contributed by atoms with Gasteiger partial charge in [0, 0.05) is 24.3 Å². The number of aliphatic hydroxyl groups excluding tert-OH is 2. The molecule has 94 valence electrons. The van der Waals surface area contributed by atoms with E-state index in [1.165, 1.54) is 0 Å². The maximum atomic E-state index is 9.00. The molecule has 0 spiro atoms. The first-order chi connectivity index (χ1) is 8.10. The monoisotopic (exact) mass is 237 g/mol. The lowest BCUT2D eigenvalue weighted by Gasteiger charge is -2.25. The van der Waals surface area contributed by atoms with Crippen molar-refractivity contribution in [1.82, 2.24) is 0 Å². The highest BCUT2D eigenvalue weighted by molar-refractivity contribution is 6.00. The molecule has 0 aromatic heterocycles. The number of aliphatic hydroxyl groups is 2. The van der Waals surface area contributed by atoms with Gasteiger partial charge in [0.05, 0.1) is 13.2 Å². The molecule has 1 aromatic rings. The van der Waals surface area contributed by atoms with Crippen LogP contribution in [0.1, 0.15) is 11.1 Å². The molecule has 0 heterocycles. The van der Waals surface area contributed by atoms with Crippen LogP contribution < -0.4 is 10.6 Å². The number of anilines is 1. The van der Waals surface area contributed by atoms with Gasteiger partial charge in [-0.3, -0.25) is 5.41 Å². The molecule has 0 aliphatic rings. The lowest BCUT2D eigenvalue weighted by atomic mass is 10.1. The van der Waals surface area contributed by atoms with Crippen molar-refractivity contribution >= 4 is 11.5 Å². The summed E-state index contributed by atoms with van der Waals surface area (Å²) in [6, 6.07) is 5.61. The molecule has 0 unspecified atom stereocenters. The van der Waals surface area contributed by atoms with Crippen LogP contribution in [0.15, 0.2) is 18.2 Å². The van der Waals surface area contributed by atoms with Crippen LogP contribution in [-0.2, 0) is 0 Å². The normalized spacial score (nSPS) is 10.3. The van der Waals surface area contributed by atoms with E-state index in [1.807, 2.05) is 30.0 Å². The summed E-state index contributed by atoms with van der Waals surface area (Å²) >= 11 is 0. The minimum atomic E-state index is -0.00965. The zero-order valence-corrected chi connectivity index (χ0v) is 9.98. The highest BCUT2D eigenvalue weighted by Gasteiger charge is 2.12. The Morgan fingerprint density at radius 3 is 2.35 bits per heavy atom. The Kier molecular flexibility index (Phi) is 4.93. The van der Waals surface area contributed by atoms with Crippen molar-refractivity contribution in [2.45, 2.75) is 6.92 Å². The van der Waals surface area contributed by atoms with Crippen molar-refractivity contribution < 1.29 is 10.2 Å². The molecule has 5 N–H and O–H groups in total. The molecule has 5 nitrogen and oxygen atoms in total. The van der Waals surface area contributed by atoms with Gasteiger partial charge in [-0.1, -0.05) is 11.6 Å². The van der Waals surface area contributed by atoms with Gasteiger partial charge in [0.1, 0.15) is 5.84 Å². The lowest BCUT2D eigenvalue weighted by Crippen LogP contribution is -2.31. The van der Waals surface area contributed by atoms with E-state index in [0.717, 1.165) is 11.3 Å². The number of aryl methyl sites for hydroxylation is 1. The lowest BCUT2D eigenvalue weighted by molar-refractivity contribution is 0.281. The van der Waals surface area contributed by atoms with Crippen molar-refractivity contribution in [1.29, 1.82) is 5.41 Å². The van der Waals surface area contributed by atoms with Gasteiger partial charge in [-0.25, -0.2) is 0 Å². The van der Waals surface area contributed by atoms with Gasteiger partial charge in [-0.2, -0.15) is 0 Å². The molecular formula is C12H19N3O2. The van der Waals surface area contributed by atoms with E-state index >= 15 is 0 Å². The molecule has 1 rings (SSSR count). The summed E-state index contributed by atoms with van der Waals surface area (Å²) in [4.78, 5) is 1.82. The SMILES string of the molecule is Cc1ccc(N(CCO)CCO)c(C(=N)N)c1. The van der Waals surface area contributed by atoms with Crippen molar-refractivity contribution in [3.05, 3.63) is 29.3 Å². The van der Waals surface area contributed by atoms with Crippen molar-refractivity contribution in [2.24, 2.45) is 5.73 Å². The topological polar surface area (TPSA) is 93.6 Å². The zero-order chi connectivity index (χ0) is 12.8. The largest absolute Gasteiger partial charge is 0.395 e. The molecule has 0 amide bonds. The van der Waals surface area contributed by atoms with Crippen LogP contribution in [0.5, 0.6) is 0 Å². The highest BCUT2D eigenvalue weighted by Crippen LogP contribution is 2.21. The Bertz CT molecular complexity index is 387. The van der Waals surface area contributed by atoms with Crippen molar-refractivity contribution in [3.8, 4) is 0 Å². The number of nitrogens with one attached hydrogen (secondary N) is 1. The third-order valence-corrected chi connectivity index (χ3v) is 2.52. The quantitative estimate of drug-likeness (QED) is 0.416. The van der Waals surface area contributed by atoms with Gasteiger partial charge in [0.2, 0.25) is 0 Å². The molecular weight excluding hydrogens is 218 g/mol. The average Bonchev–Trinajstić information content (AvgIpc) is 2.28. The summed E-state index contributed by atoms with van der Waals surface area (Å²) < 4.78 is 0. The average molecular weight is 237 g/mol. The van der Waals surface area contributed by atoms with Gasteiger partial charge in [-0.05, 0) is 19.1 Å². The highest BCUT2D eigenvalue weighted by atomic mass is 16.3. The minimum absolute atomic E-state index is 0.00871. The van der Waals surface area contributed by atoms with Gasteiger partial charge in [-0.15, -0.1) is 0 Å². The third-order valence-electron chi connectivity index (χ3n) is 2.52. The summed E-state index contributed by atoms with van der Waals surface area (Å²) in [6.45, 7) is 2.73. The van der Waals surface area contributed by atoms with E-state index in [1.54, 1.807) is 0 Å². The molecule has 0 aliphatic carbocycles. The van der Waals surface area contributed by atoms with Gasteiger partial charge in [0.25, 0.3) is 0 Å². The van der Waals surface area contributed by atoms with Crippen molar-refractivity contribution in [3.63, 3.8) is 0 Å². The molecule has 0 aliphatic heterocycles. The Morgan fingerprint density at radius 2 is 1.88 bits per heavy atom. The van der Waals surface area contributed by atoms with E-state index in [0.29, 0.717) is 18.7 Å². The fourth-order valence-corrected chi connectivity index (χ4v) is 1.74. The maximum absolute atomic E-state index is 9.00. The number of nitrogens with zero attached hydrogens (tertiary/aromatic N) is 1. The number of hydrogen-bond acceptors (Lipinski definition) is 4. The molecule has 5 heteroatoms. The zero-order valence-electron chi connectivity index (χ0n) is 9.98. The first kappa shape index (κ1) is 13.5. The standard InChI is InChI=1S/C12H19N3O2/c1-9-2-3-11(10(8-9)12(13)14)15(4-6-16)5-7-17/h2-3,8,16-17H,4-7H2,1H3,(H3,13,14). The van der Waals surface area contributed by atoms with Crippen LogP contribution in [0.4, 0.5) is 5.69 Å². The van der Waals surface area contributed by atoms with Gasteiger partial charge >= 0.3 is 0 Å². The summed E-state index contributed by atoms with van der Waals surface area (Å²) in [6.07, 6.45) is 0. The predicted octanol–water partition coefficient (Wildman–Crippen LogP) is 0.0701. The Labute approximate surface area is 101 Å². The van der Waals surface area contributed by atoms with E-state index in [9.17, 15) is 0 Å². The van der Waals surface area contributed by atoms with E-state index in [-0.39, 0.29) is 19.0 Å². The Hall–Kier alpha value is -1.59. The molecule has 0 fully saturated rings. The third kappa shape index (κ3) is 3.44. The van der Waals surface area contributed by atoms with E-state index in [4.69, 9.17) is 21.4 Å². The first-order valence-corrected chi connectivity index (χ1v) is 5.52. The summed E-state index contributed by atoms with van der Waals surface area (Å²) in [5.74, 6) is -0.00965. The second-order valence-corrected chi connectivity index (χ2v) is 3.87. The summed E-state index contributed by atoms with van der Waals surface area (Å²) in [5.41, 5.74) is 7.97. The molecule has 17 heavy (non-hydrogen) atoms. The van der Waals surface area contributed by atoms with Crippen LogP contribution in [0, 0.1) is 12.3 Å². The van der Waals surface area contributed by atoms with Crippen LogP contribution in [-0.4, -0.2) is 42.4 Å². The van der Waals surface area contributed by atoms with Gasteiger partial charge < -0.3 is 20.8 Å². The molecule has 0 saturated heterocycles. The fourth-order valence-electron chi connectivity index (χ4n) is 1.74. The summed E-state index contributed by atoms with van der Waals surface area (Å²) in [5, 5.41) is 25.6. The molecule has 0 bridgehead atoms. The Balaban J connectivity index is 3.12.